The molecule has 0 spiro atoms. The van der Waals surface area contributed by atoms with E-state index in [1.54, 1.807) is 0 Å². The van der Waals surface area contributed by atoms with Crippen molar-refractivity contribution < 1.29 is 0 Å². The summed E-state index contributed by atoms with van der Waals surface area (Å²) in [5, 5.41) is 0. The maximum absolute atomic E-state index is 2.40. The highest BCUT2D eigenvalue weighted by atomic mass is 32.2. The third-order valence-corrected chi connectivity index (χ3v) is 3.55. The van der Waals surface area contributed by atoms with Crippen molar-refractivity contribution >= 4 is 11.8 Å². The maximum atomic E-state index is 2.40. The van der Waals surface area contributed by atoms with Crippen LogP contribution in [0.15, 0.2) is 0 Å². The molecule has 0 radical (unpaired) electrons. The normalized spacial score (nSPS) is 38.2. The Morgan fingerprint density at radius 3 is 2.62 bits per heavy atom. The molecule has 1 aliphatic rings. The fourth-order valence-corrected chi connectivity index (χ4v) is 2.61. The second kappa shape index (κ2) is 2.30. The van der Waals surface area contributed by atoms with E-state index in [0.717, 1.165) is 0 Å². The lowest BCUT2D eigenvalue weighted by atomic mass is 9.88. The Kier molecular flexibility index (Phi) is 1.86. The summed E-state index contributed by atoms with van der Waals surface area (Å²) in [4.78, 5) is 0. The first-order valence-corrected chi connectivity index (χ1v) is 4.50. The van der Waals surface area contributed by atoms with Gasteiger partial charge in [-0.3, -0.25) is 0 Å². The molecular formula is C7H14S. The van der Waals surface area contributed by atoms with E-state index >= 15 is 0 Å². The van der Waals surface area contributed by atoms with Crippen molar-refractivity contribution in [3.8, 4) is 0 Å². The van der Waals surface area contributed by atoms with Gasteiger partial charge in [0.2, 0.25) is 0 Å². The molecule has 0 nitrogen and oxygen atoms in total. The molecule has 1 heteroatoms. The summed E-state index contributed by atoms with van der Waals surface area (Å²) >= 11 is 2.11. The molecule has 0 aromatic heterocycles. The summed E-state index contributed by atoms with van der Waals surface area (Å²) in [6.07, 6.45) is 2.80. The van der Waals surface area contributed by atoms with Gasteiger partial charge in [-0.05, 0) is 29.8 Å². The topological polar surface area (TPSA) is 0 Å². The van der Waals surface area contributed by atoms with E-state index < -0.39 is 0 Å². The molecule has 0 aromatic rings. The minimum absolute atomic E-state index is 0.699. The van der Waals surface area contributed by atoms with E-state index in [1.807, 2.05) is 0 Å². The van der Waals surface area contributed by atoms with E-state index in [2.05, 4.69) is 25.6 Å². The predicted octanol–water partition coefficient (Wildman–Crippen LogP) is 2.54. The lowest BCUT2D eigenvalue weighted by Gasteiger charge is -2.18. The van der Waals surface area contributed by atoms with Gasteiger partial charge < -0.3 is 0 Å². The Morgan fingerprint density at radius 2 is 2.38 bits per heavy atom. The van der Waals surface area contributed by atoms with Crippen LogP contribution < -0.4 is 0 Å². The highest BCUT2D eigenvalue weighted by molar-refractivity contribution is 7.99. The molecule has 0 aromatic carbocycles. The van der Waals surface area contributed by atoms with Crippen LogP contribution in [0.25, 0.3) is 0 Å². The van der Waals surface area contributed by atoms with Crippen LogP contribution in [0.5, 0.6) is 0 Å². The molecule has 48 valence electrons. The van der Waals surface area contributed by atoms with Crippen molar-refractivity contribution in [2.24, 2.45) is 5.41 Å². The van der Waals surface area contributed by atoms with Gasteiger partial charge in [-0.1, -0.05) is 13.8 Å². The standard InChI is InChI=1S/C7H14S/c1-3-7(2)4-5-8-6-7/h3-6H2,1-2H3. The van der Waals surface area contributed by atoms with Crippen molar-refractivity contribution in [1.29, 1.82) is 0 Å². The summed E-state index contributed by atoms with van der Waals surface area (Å²) < 4.78 is 0. The molecule has 0 bridgehead atoms. The molecule has 1 aliphatic heterocycles. The second-order valence-electron chi connectivity index (χ2n) is 2.97. The van der Waals surface area contributed by atoms with E-state index in [1.165, 1.54) is 24.3 Å². The van der Waals surface area contributed by atoms with Crippen LogP contribution in [0.3, 0.4) is 0 Å². The molecule has 8 heavy (non-hydrogen) atoms. The zero-order chi connectivity index (χ0) is 6.04. The molecule has 0 amide bonds. The summed E-state index contributed by atoms with van der Waals surface area (Å²) in [6, 6.07) is 0. The van der Waals surface area contributed by atoms with Gasteiger partial charge in [0.25, 0.3) is 0 Å². The molecular weight excluding hydrogens is 116 g/mol. The van der Waals surface area contributed by atoms with E-state index in [-0.39, 0.29) is 0 Å². The van der Waals surface area contributed by atoms with Crippen LogP contribution in [0.2, 0.25) is 0 Å². The molecule has 1 fully saturated rings. The van der Waals surface area contributed by atoms with Crippen molar-refractivity contribution in [3.63, 3.8) is 0 Å². The van der Waals surface area contributed by atoms with Crippen LogP contribution in [0.4, 0.5) is 0 Å². The number of hydrogen-bond donors (Lipinski definition) is 0. The molecule has 1 heterocycles. The number of rotatable bonds is 1. The zero-order valence-corrected chi connectivity index (χ0v) is 6.55. The first kappa shape index (κ1) is 6.47. The first-order chi connectivity index (χ1) is 3.77. The quantitative estimate of drug-likeness (QED) is 0.525. The smallest absolute Gasteiger partial charge is 0.00133 e. The highest BCUT2D eigenvalue weighted by Crippen LogP contribution is 2.37. The van der Waals surface area contributed by atoms with Gasteiger partial charge in [0.1, 0.15) is 0 Å². The SMILES string of the molecule is CCC1(C)CCSC1. The molecule has 1 rings (SSSR count). The summed E-state index contributed by atoms with van der Waals surface area (Å²) in [5.74, 6) is 2.79. The Labute approximate surface area is 56.0 Å². The van der Waals surface area contributed by atoms with E-state index in [4.69, 9.17) is 0 Å². The molecule has 0 aliphatic carbocycles. The Bertz CT molecular complexity index is 72.5. The van der Waals surface area contributed by atoms with Crippen LogP contribution in [0, 0.1) is 5.41 Å². The minimum Gasteiger partial charge on any atom is -0.161 e. The molecule has 0 N–H and O–H groups in total. The van der Waals surface area contributed by atoms with Crippen LogP contribution >= 0.6 is 11.8 Å². The number of hydrogen-bond acceptors (Lipinski definition) is 1. The lowest BCUT2D eigenvalue weighted by molar-refractivity contribution is 0.365. The summed E-state index contributed by atoms with van der Waals surface area (Å²) in [7, 11) is 0. The maximum Gasteiger partial charge on any atom is -0.00133 e. The van der Waals surface area contributed by atoms with Gasteiger partial charge in [-0.15, -0.1) is 0 Å². The van der Waals surface area contributed by atoms with Crippen LogP contribution in [-0.2, 0) is 0 Å². The van der Waals surface area contributed by atoms with Crippen LogP contribution in [-0.4, -0.2) is 11.5 Å². The molecule has 1 atom stereocenters. The predicted molar refractivity (Wildman–Crippen MR) is 40.3 cm³/mol. The third-order valence-electron chi connectivity index (χ3n) is 2.15. The Morgan fingerprint density at radius 1 is 1.62 bits per heavy atom. The van der Waals surface area contributed by atoms with Gasteiger partial charge in [0.15, 0.2) is 0 Å². The van der Waals surface area contributed by atoms with E-state index in [9.17, 15) is 0 Å². The van der Waals surface area contributed by atoms with Gasteiger partial charge in [-0.25, -0.2) is 0 Å². The average molecular weight is 130 g/mol. The van der Waals surface area contributed by atoms with E-state index in [0.29, 0.717) is 5.41 Å². The Hall–Kier alpha value is 0.350. The number of thioether (sulfide) groups is 1. The second-order valence-corrected chi connectivity index (χ2v) is 4.07. The lowest BCUT2D eigenvalue weighted by Crippen LogP contribution is -2.12. The minimum atomic E-state index is 0.699. The fraction of sp³-hybridized carbons (Fsp3) is 1.00. The van der Waals surface area contributed by atoms with Crippen molar-refractivity contribution in [1.82, 2.24) is 0 Å². The largest absolute Gasteiger partial charge is 0.161 e. The van der Waals surface area contributed by atoms with Gasteiger partial charge >= 0.3 is 0 Å². The summed E-state index contributed by atoms with van der Waals surface area (Å²) in [5.41, 5.74) is 0.699. The van der Waals surface area contributed by atoms with Gasteiger partial charge in [0, 0.05) is 0 Å². The fourth-order valence-electron chi connectivity index (χ4n) is 0.988. The monoisotopic (exact) mass is 130 g/mol. The molecule has 1 saturated heterocycles. The third kappa shape index (κ3) is 1.19. The zero-order valence-electron chi connectivity index (χ0n) is 5.74. The Balaban J connectivity index is 2.40. The highest BCUT2D eigenvalue weighted by Gasteiger charge is 2.26. The van der Waals surface area contributed by atoms with Gasteiger partial charge in [-0.2, -0.15) is 11.8 Å². The van der Waals surface area contributed by atoms with Crippen molar-refractivity contribution in [3.05, 3.63) is 0 Å². The molecule has 0 saturated carbocycles. The van der Waals surface area contributed by atoms with Crippen molar-refractivity contribution in [2.45, 2.75) is 26.7 Å². The van der Waals surface area contributed by atoms with Gasteiger partial charge in [0.05, 0.1) is 0 Å². The average Bonchev–Trinajstić information content (AvgIpc) is 2.17. The van der Waals surface area contributed by atoms with Crippen molar-refractivity contribution in [2.75, 3.05) is 11.5 Å². The first-order valence-electron chi connectivity index (χ1n) is 3.35. The van der Waals surface area contributed by atoms with Crippen LogP contribution in [0.1, 0.15) is 26.7 Å². The summed E-state index contributed by atoms with van der Waals surface area (Å²) in [6.45, 7) is 4.69. The molecule has 1 unspecified atom stereocenters.